The van der Waals surface area contributed by atoms with E-state index in [9.17, 15) is 4.79 Å². The molecule has 6 heteroatoms. The summed E-state index contributed by atoms with van der Waals surface area (Å²) in [4.78, 5) is 17.8. The second-order valence-corrected chi connectivity index (χ2v) is 7.41. The summed E-state index contributed by atoms with van der Waals surface area (Å²) in [6.07, 6.45) is 5.28. The van der Waals surface area contributed by atoms with Crippen LogP contribution >= 0.6 is 27.7 Å². The maximum Gasteiger partial charge on any atom is 0.270 e. The number of nitrogens with zero attached hydrogens (tertiary/aromatic N) is 1. The van der Waals surface area contributed by atoms with Gasteiger partial charge in [-0.2, -0.15) is 11.8 Å². The van der Waals surface area contributed by atoms with Crippen molar-refractivity contribution in [2.75, 3.05) is 24.7 Å². The number of hydrogen-bond donors (Lipinski definition) is 1. The molecule has 0 unspecified atom stereocenters. The van der Waals surface area contributed by atoms with Crippen LogP contribution in [-0.4, -0.2) is 52.6 Å². The molecule has 2 aliphatic rings. The first kappa shape index (κ1) is 14.5. The minimum absolute atomic E-state index is 0.0960. The Morgan fingerprint density at radius 2 is 2.45 bits per heavy atom. The molecule has 0 saturated carbocycles. The quantitative estimate of drug-likeness (QED) is 0.899. The van der Waals surface area contributed by atoms with E-state index in [0.29, 0.717) is 11.7 Å². The van der Waals surface area contributed by atoms with Crippen LogP contribution in [0.4, 0.5) is 0 Å². The van der Waals surface area contributed by atoms with E-state index in [-0.39, 0.29) is 12.0 Å². The SMILES string of the molecule is O=C(c1cc(Br)c[nH]1)N(C[C@H]1CCCO1)[C@H]1CCSC1. The molecule has 110 valence electrons. The maximum atomic E-state index is 12.7. The second-order valence-electron chi connectivity index (χ2n) is 5.34. The molecule has 0 aliphatic carbocycles. The van der Waals surface area contributed by atoms with Crippen molar-refractivity contribution < 1.29 is 9.53 Å². The first-order valence-corrected chi connectivity index (χ1v) is 9.03. The summed E-state index contributed by atoms with van der Waals surface area (Å²) in [6.45, 7) is 1.56. The van der Waals surface area contributed by atoms with Gasteiger partial charge in [0.05, 0.1) is 6.10 Å². The Hall–Kier alpha value is -0.460. The lowest BCUT2D eigenvalue weighted by atomic mass is 10.1. The molecule has 2 aliphatic heterocycles. The molecule has 0 bridgehead atoms. The summed E-state index contributed by atoms with van der Waals surface area (Å²) in [6, 6.07) is 2.20. The van der Waals surface area contributed by atoms with Crippen molar-refractivity contribution in [2.24, 2.45) is 0 Å². The van der Waals surface area contributed by atoms with Crippen molar-refractivity contribution in [1.82, 2.24) is 9.88 Å². The fourth-order valence-corrected chi connectivity index (χ4v) is 4.39. The number of hydrogen-bond acceptors (Lipinski definition) is 3. The van der Waals surface area contributed by atoms with Gasteiger partial charge >= 0.3 is 0 Å². The van der Waals surface area contributed by atoms with E-state index < -0.39 is 0 Å². The summed E-state index contributed by atoms with van der Waals surface area (Å²) in [7, 11) is 0. The topological polar surface area (TPSA) is 45.3 Å². The Balaban J connectivity index is 1.74. The third kappa shape index (κ3) is 3.23. The number of amides is 1. The van der Waals surface area contributed by atoms with Crippen LogP contribution in [0, 0.1) is 0 Å². The normalized spacial score (nSPS) is 26.1. The number of nitrogens with one attached hydrogen (secondary N) is 1. The molecule has 1 N–H and O–H groups in total. The highest BCUT2D eigenvalue weighted by atomic mass is 79.9. The summed E-state index contributed by atoms with van der Waals surface area (Å²) < 4.78 is 6.63. The van der Waals surface area contributed by atoms with Crippen molar-refractivity contribution >= 4 is 33.6 Å². The molecule has 1 aromatic rings. The first-order chi connectivity index (χ1) is 9.74. The van der Waals surface area contributed by atoms with Gasteiger partial charge in [0.25, 0.3) is 5.91 Å². The maximum absolute atomic E-state index is 12.7. The van der Waals surface area contributed by atoms with E-state index in [2.05, 4.69) is 20.9 Å². The van der Waals surface area contributed by atoms with Crippen LogP contribution in [0.5, 0.6) is 0 Å². The number of thioether (sulfide) groups is 1. The predicted molar refractivity (Wildman–Crippen MR) is 84.2 cm³/mol. The minimum Gasteiger partial charge on any atom is -0.376 e. The van der Waals surface area contributed by atoms with Crippen molar-refractivity contribution in [3.05, 3.63) is 22.4 Å². The predicted octanol–water partition coefficient (Wildman–Crippen LogP) is 2.90. The van der Waals surface area contributed by atoms with E-state index in [1.165, 1.54) is 0 Å². The van der Waals surface area contributed by atoms with E-state index in [0.717, 1.165) is 48.4 Å². The zero-order valence-corrected chi connectivity index (χ0v) is 13.7. The van der Waals surface area contributed by atoms with Crippen LogP contribution in [0.15, 0.2) is 16.7 Å². The highest BCUT2D eigenvalue weighted by Gasteiger charge is 2.31. The summed E-state index contributed by atoms with van der Waals surface area (Å²) >= 11 is 5.32. The molecule has 2 saturated heterocycles. The van der Waals surface area contributed by atoms with Gasteiger partial charge in [0.2, 0.25) is 0 Å². The molecule has 3 heterocycles. The fourth-order valence-electron chi connectivity index (χ4n) is 2.82. The highest BCUT2D eigenvalue weighted by Crippen LogP contribution is 2.26. The van der Waals surface area contributed by atoms with E-state index in [1.807, 2.05) is 22.7 Å². The molecule has 2 atom stereocenters. The average Bonchev–Trinajstić information content (AvgIpc) is 3.17. The molecule has 0 aromatic carbocycles. The van der Waals surface area contributed by atoms with Gasteiger partial charge in [0.15, 0.2) is 0 Å². The van der Waals surface area contributed by atoms with Crippen molar-refractivity contribution in [3.8, 4) is 0 Å². The number of carbonyl (C=O) groups excluding carboxylic acids is 1. The molecule has 4 nitrogen and oxygen atoms in total. The third-order valence-corrected chi connectivity index (χ3v) is 5.51. The monoisotopic (exact) mass is 358 g/mol. The fraction of sp³-hybridized carbons (Fsp3) is 0.643. The molecular formula is C14H19BrN2O2S. The first-order valence-electron chi connectivity index (χ1n) is 7.08. The van der Waals surface area contributed by atoms with Crippen molar-refractivity contribution in [2.45, 2.75) is 31.4 Å². The van der Waals surface area contributed by atoms with Gasteiger partial charge in [-0.3, -0.25) is 4.79 Å². The van der Waals surface area contributed by atoms with E-state index >= 15 is 0 Å². The van der Waals surface area contributed by atoms with Crippen LogP contribution in [-0.2, 0) is 4.74 Å². The van der Waals surface area contributed by atoms with Gasteiger partial charge in [-0.15, -0.1) is 0 Å². The van der Waals surface area contributed by atoms with Gasteiger partial charge < -0.3 is 14.6 Å². The Labute approximate surface area is 131 Å². The Morgan fingerprint density at radius 1 is 1.55 bits per heavy atom. The lowest BCUT2D eigenvalue weighted by Gasteiger charge is -2.30. The van der Waals surface area contributed by atoms with Crippen LogP contribution in [0.3, 0.4) is 0 Å². The van der Waals surface area contributed by atoms with Crippen molar-refractivity contribution in [3.63, 3.8) is 0 Å². The molecule has 2 fully saturated rings. The van der Waals surface area contributed by atoms with Gasteiger partial charge in [-0.25, -0.2) is 0 Å². The molecule has 1 amide bonds. The van der Waals surface area contributed by atoms with Gasteiger partial charge in [-0.1, -0.05) is 0 Å². The average molecular weight is 359 g/mol. The van der Waals surface area contributed by atoms with E-state index in [4.69, 9.17) is 4.74 Å². The number of aromatic nitrogens is 1. The summed E-state index contributed by atoms with van der Waals surface area (Å²) in [5.74, 6) is 2.29. The van der Waals surface area contributed by atoms with Crippen LogP contribution in [0.1, 0.15) is 29.8 Å². The number of aromatic amines is 1. The smallest absolute Gasteiger partial charge is 0.270 e. The molecular weight excluding hydrogens is 340 g/mol. The summed E-state index contributed by atoms with van der Waals surface area (Å²) in [5.41, 5.74) is 0.659. The lowest BCUT2D eigenvalue weighted by Crippen LogP contribution is -2.44. The molecule has 20 heavy (non-hydrogen) atoms. The zero-order chi connectivity index (χ0) is 13.9. The Bertz CT molecular complexity index is 467. The molecule has 1 aromatic heterocycles. The summed E-state index contributed by atoms with van der Waals surface area (Å²) in [5, 5.41) is 0. The number of ether oxygens (including phenoxy) is 1. The number of halogens is 1. The van der Waals surface area contributed by atoms with Crippen LogP contribution < -0.4 is 0 Å². The highest BCUT2D eigenvalue weighted by molar-refractivity contribution is 9.10. The van der Waals surface area contributed by atoms with Crippen LogP contribution in [0.25, 0.3) is 0 Å². The Kier molecular flexibility index (Phi) is 4.73. The zero-order valence-electron chi connectivity index (χ0n) is 11.3. The van der Waals surface area contributed by atoms with Gasteiger partial charge in [0, 0.05) is 35.6 Å². The lowest BCUT2D eigenvalue weighted by molar-refractivity contribution is 0.0438. The van der Waals surface area contributed by atoms with Crippen LogP contribution in [0.2, 0.25) is 0 Å². The van der Waals surface area contributed by atoms with Crippen molar-refractivity contribution in [1.29, 1.82) is 0 Å². The minimum atomic E-state index is 0.0960. The van der Waals surface area contributed by atoms with Gasteiger partial charge in [0.1, 0.15) is 5.69 Å². The number of carbonyl (C=O) groups is 1. The Morgan fingerprint density at radius 3 is 3.05 bits per heavy atom. The standard InChI is InChI=1S/C14H19BrN2O2S/c15-10-6-13(16-7-10)14(18)17(11-3-5-20-9-11)8-12-2-1-4-19-12/h6-7,11-12,16H,1-5,8-9H2/t11-,12+/m0/s1. The third-order valence-electron chi connectivity index (χ3n) is 3.91. The number of rotatable bonds is 4. The molecule has 0 radical (unpaired) electrons. The second kappa shape index (κ2) is 6.54. The van der Waals surface area contributed by atoms with E-state index in [1.54, 1.807) is 6.20 Å². The molecule has 3 rings (SSSR count). The largest absolute Gasteiger partial charge is 0.376 e. The number of H-pyrrole nitrogens is 1. The van der Waals surface area contributed by atoms with Gasteiger partial charge in [-0.05, 0) is 47.0 Å². The molecule has 0 spiro atoms.